The van der Waals surface area contributed by atoms with Gasteiger partial charge in [-0.25, -0.2) is 0 Å². The molecule has 0 bridgehead atoms. The number of hydrogen-bond donors (Lipinski definition) is 1. The standard InChI is InChI=1S/C14H21NO/c1-13(14-5-3-2-4-6-14)7-8-15-9-11-16-12-10-15/h2-6,13H,7-12H2,1H3/p+1/t13-/m1/s1. The summed E-state index contributed by atoms with van der Waals surface area (Å²) in [6.45, 7) is 7.85. The third-order valence-corrected chi connectivity index (χ3v) is 3.50. The maximum atomic E-state index is 5.37. The summed E-state index contributed by atoms with van der Waals surface area (Å²) in [6.07, 6.45) is 1.28. The Morgan fingerprint density at radius 2 is 1.88 bits per heavy atom. The molecule has 88 valence electrons. The molecule has 0 saturated carbocycles. The Labute approximate surface area is 98.2 Å². The highest BCUT2D eigenvalue weighted by Gasteiger charge is 2.15. The summed E-state index contributed by atoms with van der Waals surface area (Å²) in [5.41, 5.74) is 1.47. The first-order valence-electron chi connectivity index (χ1n) is 6.32. The van der Waals surface area contributed by atoms with E-state index in [2.05, 4.69) is 37.3 Å². The smallest absolute Gasteiger partial charge is 0.101 e. The topological polar surface area (TPSA) is 13.7 Å². The first-order chi connectivity index (χ1) is 7.86. The van der Waals surface area contributed by atoms with Crippen LogP contribution in [-0.4, -0.2) is 32.8 Å². The van der Waals surface area contributed by atoms with Crippen LogP contribution in [-0.2, 0) is 4.74 Å². The molecule has 1 heterocycles. The zero-order valence-corrected chi connectivity index (χ0v) is 10.1. The van der Waals surface area contributed by atoms with Crippen molar-refractivity contribution >= 4 is 0 Å². The number of quaternary nitrogens is 1. The fourth-order valence-corrected chi connectivity index (χ4v) is 2.28. The minimum atomic E-state index is 0.677. The molecule has 2 nitrogen and oxygen atoms in total. The maximum Gasteiger partial charge on any atom is 0.101 e. The van der Waals surface area contributed by atoms with E-state index in [4.69, 9.17) is 4.74 Å². The van der Waals surface area contributed by atoms with Crippen molar-refractivity contribution < 1.29 is 9.64 Å². The van der Waals surface area contributed by atoms with Gasteiger partial charge in [0, 0.05) is 6.42 Å². The summed E-state index contributed by atoms with van der Waals surface area (Å²) in [6, 6.07) is 10.8. The Hall–Kier alpha value is -0.860. The number of morpholine rings is 1. The third kappa shape index (κ3) is 3.32. The van der Waals surface area contributed by atoms with Crippen molar-refractivity contribution in [3.63, 3.8) is 0 Å². The van der Waals surface area contributed by atoms with Crippen molar-refractivity contribution in [3.05, 3.63) is 35.9 Å². The predicted molar refractivity (Wildman–Crippen MR) is 65.9 cm³/mol. The average Bonchev–Trinajstić information content (AvgIpc) is 2.38. The van der Waals surface area contributed by atoms with E-state index in [1.54, 1.807) is 4.90 Å². The summed E-state index contributed by atoms with van der Waals surface area (Å²) >= 11 is 0. The zero-order chi connectivity index (χ0) is 11.2. The van der Waals surface area contributed by atoms with Crippen LogP contribution in [0.15, 0.2) is 30.3 Å². The van der Waals surface area contributed by atoms with Crippen LogP contribution < -0.4 is 4.90 Å². The summed E-state index contributed by atoms with van der Waals surface area (Å²) in [7, 11) is 0. The minimum absolute atomic E-state index is 0.677. The highest BCUT2D eigenvalue weighted by atomic mass is 16.5. The third-order valence-electron chi connectivity index (χ3n) is 3.50. The van der Waals surface area contributed by atoms with Gasteiger partial charge in [-0.1, -0.05) is 37.3 Å². The Bertz CT molecular complexity index is 293. The van der Waals surface area contributed by atoms with Gasteiger partial charge in [0.15, 0.2) is 0 Å². The zero-order valence-electron chi connectivity index (χ0n) is 10.1. The molecule has 1 saturated heterocycles. The van der Waals surface area contributed by atoms with Gasteiger partial charge in [-0.15, -0.1) is 0 Å². The van der Waals surface area contributed by atoms with Gasteiger partial charge >= 0.3 is 0 Å². The largest absolute Gasteiger partial charge is 0.370 e. The lowest BCUT2D eigenvalue weighted by Gasteiger charge is -2.25. The van der Waals surface area contributed by atoms with Crippen LogP contribution in [0.1, 0.15) is 24.8 Å². The molecule has 1 aliphatic heterocycles. The average molecular weight is 220 g/mol. The van der Waals surface area contributed by atoms with Crippen molar-refractivity contribution in [3.8, 4) is 0 Å². The highest BCUT2D eigenvalue weighted by molar-refractivity contribution is 5.18. The molecular weight excluding hydrogens is 198 g/mol. The quantitative estimate of drug-likeness (QED) is 0.802. The van der Waals surface area contributed by atoms with E-state index in [0.29, 0.717) is 5.92 Å². The molecule has 1 aliphatic rings. The second-order valence-corrected chi connectivity index (χ2v) is 4.71. The summed E-state index contributed by atoms with van der Waals surface area (Å²) in [5, 5.41) is 0. The lowest BCUT2D eigenvalue weighted by atomic mass is 9.98. The number of hydrogen-bond acceptors (Lipinski definition) is 1. The second kappa shape index (κ2) is 6.02. The molecule has 0 amide bonds. The van der Waals surface area contributed by atoms with E-state index in [-0.39, 0.29) is 0 Å². The molecule has 2 rings (SSSR count). The molecule has 1 aromatic rings. The van der Waals surface area contributed by atoms with E-state index in [1.807, 2.05) is 0 Å². The van der Waals surface area contributed by atoms with Gasteiger partial charge in [-0.05, 0) is 11.5 Å². The molecule has 2 heteroatoms. The van der Waals surface area contributed by atoms with Crippen LogP contribution in [0, 0.1) is 0 Å². The van der Waals surface area contributed by atoms with Gasteiger partial charge < -0.3 is 9.64 Å². The Balaban J connectivity index is 1.77. The van der Waals surface area contributed by atoms with E-state index < -0.39 is 0 Å². The molecule has 0 aromatic heterocycles. The van der Waals surface area contributed by atoms with Crippen molar-refractivity contribution in [1.82, 2.24) is 0 Å². The Morgan fingerprint density at radius 1 is 1.19 bits per heavy atom. The Kier molecular flexibility index (Phi) is 4.37. The molecule has 0 spiro atoms. The van der Waals surface area contributed by atoms with E-state index in [0.717, 1.165) is 13.2 Å². The van der Waals surface area contributed by atoms with Crippen molar-refractivity contribution in [2.24, 2.45) is 0 Å². The first-order valence-corrected chi connectivity index (χ1v) is 6.32. The summed E-state index contributed by atoms with van der Waals surface area (Å²) < 4.78 is 5.37. The van der Waals surface area contributed by atoms with Gasteiger partial charge in [0.25, 0.3) is 0 Å². The number of benzene rings is 1. The lowest BCUT2D eigenvalue weighted by Crippen LogP contribution is -3.14. The van der Waals surface area contributed by atoms with Gasteiger partial charge in [-0.3, -0.25) is 0 Å². The fourth-order valence-electron chi connectivity index (χ4n) is 2.28. The minimum Gasteiger partial charge on any atom is -0.370 e. The number of rotatable bonds is 4. The van der Waals surface area contributed by atoms with Crippen molar-refractivity contribution in [1.29, 1.82) is 0 Å². The fraction of sp³-hybridized carbons (Fsp3) is 0.571. The monoisotopic (exact) mass is 220 g/mol. The van der Waals surface area contributed by atoms with Crippen LogP contribution in [0.2, 0.25) is 0 Å². The highest BCUT2D eigenvalue weighted by Crippen LogP contribution is 2.16. The number of ether oxygens (including phenoxy) is 1. The molecule has 1 atom stereocenters. The Morgan fingerprint density at radius 3 is 2.56 bits per heavy atom. The molecule has 1 N–H and O–H groups in total. The maximum absolute atomic E-state index is 5.37. The van der Waals surface area contributed by atoms with E-state index in [1.165, 1.54) is 31.6 Å². The molecular formula is C14H22NO+. The summed E-state index contributed by atoms with van der Waals surface area (Å²) in [5.74, 6) is 0.677. The molecule has 1 fully saturated rings. The van der Waals surface area contributed by atoms with Gasteiger partial charge in [0.2, 0.25) is 0 Å². The molecule has 16 heavy (non-hydrogen) atoms. The molecule has 0 aliphatic carbocycles. The van der Waals surface area contributed by atoms with Gasteiger partial charge in [0.05, 0.1) is 19.8 Å². The van der Waals surface area contributed by atoms with E-state index in [9.17, 15) is 0 Å². The molecule has 1 aromatic carbocycles. The van der Waals surface area contributed by atoms with Crippen LogP contribution in [0.3, 0.4) is 0 Å². The molecule has 0 radical (unpaired) electrons. The SMILES string of the molecule is C[C@H](CC[NH+]1CCOCC1)c1ccccc1. The van der Waals surface area contributed by atoms with Crippen molar-refractivity contribution in [2.45, 2.75) is 19.3 Å². The lowest BCUT2D eigenvalue weighted by molar-refractivity contribution is -0.908. The van der Waals surface area contributed by atoms with Crippen LogP contribution in [0.5, 0.6) is 0 Å². The number of nitrogens with one attached hydrogen (secondary N) is 1. The normalized spacial score (nSPS) is 19.6. The predicted octanol–water partition coefficient (Wildman–Crippen LogP) is 1.10. The second-order valence-electron chi connectivity index (χ2n) is 4.71. The van der Waals surface area contributed by atoms with Gasteiger partial charge in [-0.2, -0.15) is 0 Å². The van der Waals surface area contributed by atoms with Crippen molar-refractivity contribution in [2.75, 3.05) is 32.8 Å². The van der Waals surface area contributed by atoms with Crippen LogP contribution >= 0.6 is 0 Å². The van der Waals surface area contributed by atoms with E-state index >= 15 is 0 Å². The first kappa shape index (κ1) is 11.6. The van der Waals surface area contributed by atoms with Crippen LogP contribution in [0.4, 0.5) is 0 Å². The molecule has 0 unspecified atom stereocenters. The van der Waals surface area contributed by atoms with Crippen LogP contribution in [0.25, 0.3) is 0 Å². The summed E-state index contributed by atoms with van der Waals surface area (Å²) in [4.78, 5) is 1.70. The van der Waals surface area contributed by atoms with Gasteiger partial charge in [0.1, 0.15) is 13.1 Å².